The molecule has 8 aromatic carbocycles. The Morgan fingerprint density at radius 1 is 0.474 bits per heavy atom. The van der Waals surface area contributed by atoms with Crippen molar-refractivity contribution in [1.82, 2.24) is 4.57 Å². The lowest BCUT2D eigenvalue weighted by atomic mass is 9.69. The molecule has 3 aliphatic carbocycles. The van der Waals surface area contributed by atoms with Crippen LogP contribution in [0.3, 0.4) is 0 Å². The van der Waals surface area contributed by atoms with Gasteiger partial charge in [0.15, 0.2) is 0 Å². The van der Waals surface area contributed by atoms with Gasteiger partial charge in [0.2, 0.25) is 0 Å². The van der Waals surface area contributed by atoms with Crippen molar-refractivity contribution in [3.05, 3.63) is 240 Å². The minimum absolute atomic E-state index is 0.296. The van der Waals surface area contributed by atoms with Crippen molar-refractivity contribution in [3.8, 4) is 27.9 Å². The molecule has 268 valence electrons. The van der Waals surface area contributed by atoms with Crippen LogP contribution in [-0.2, 0) is 5.41 Å². The molecule has 0 fully saturated rings. The molecule has 0 radical (unpaired) electrons. The fraction of sp³-hybridized carbons (Fsp3) is 0.0545. The number of fused-ring (bicyclic) bond motifs is 13. The van der Waals surface area contributed by atoms with Gasteiger partial charge in [-0.15, -0.1) is 0 Å². The first-order chi connectivity index (χ1) is 28.3. The van der Waals surface area contributed by atoms with Gasteiger partial charge in [0.1, 0.15) is 0 Å². The van der Waals surface area contributed by atoms with Crippen LogP contribution in [0.15, 0.2) is 218 Å². The summed E-state index contributed by atoms with van der Waals surface area (Å²) >= 11 is 0. The number of anilines is 3. The molecule has 2 nitrogen and oxygen atoms in total. The first-order valence-electron chi connectivity index (χ1n) is 20.0. The molecule has 2 atom stereocenters. The molecule has 2 unspecified atom stereocenters. The van der Waals surface area contributed by atoms with E-state index >= 15 is 0 Å². The molecule has 0 amide bonds. The van der Waals surface area contributed by atoms with Gasteiger partial charge in [0.25, 0.3) is 0 Å². The number of nitrogens with zero attached hydrogens (tertiary/aromatic N) is 2. The average Bonchev–Trinajstić information content (AvgIpc) is 3.89. The fourth-order valence-electron chi connectivity index (χ4n) is 10.5. The van der Waals surface area contributed by atoms with Gasteiger partial charge in [0.05, 0.1) is 16.4 Å². The van der Waals surface area contributed by atoms with E-state index < -0.39 is 0 Å². The van der Waals surface area contributed by atoms with Gasteiger partial charge in [-0.3, -0.25) is 0 Å². The zero-order chi connectivity index (χ0) is 37.5. The van der Waals surface area contributed by atoms with Crippen LogP contribution in [0.2, 0.25) is 0 Å². The highest BCUT2D eigenvalue weighted by Crippen LogP contribution is 2.65. The largest absolute Gasteiger partial charge is 0.310 e. The molecule has 1 heterocycles. The second kappa shape index (κ2) is 12.4. The first kappa shape index (κ1) is 32.1. The molecule has 3 aliphatic rings. The Balaban J connectivity index is 1.01. The molecule has 1 spiro atoms. The number of hydrogen-bond acceptors (Lipinski definition) is 1. The number of para-hydroxylation sites is 3. The third-order valence-electron chi connectivity index (χ3n) is 12.8. The maximum Gasteiger partial charge on any atom is 0.0685 e. The Bertz CT molecular complexity index is 3070. The number of benzene rings is 8. The Morgan fingerprint density at radius 3 is 1.93 bits per heavy atom. The quantitative estimate of drug-likeness (QED) is 0.171. The molecule has 0 N–H and O–H groups in total. The summed E-state index contributed by atoms with van der Waals surface area (Å²) in [5.41, 5.74) is 18.8. The second-order valence-electron chi connectivity index (χ2n) is 15.6. The number of aromatic nitrogens is 1. The first-order valence-corrected chi connectivity index (χ1v) is 20.0. The van der Waals surface area contributed by atoms with Crippen LogP contribution in [0.4, 0.5) is 17.1 Å². The molecular weight excluding hydrogens is 689 g/mol. The summed E-state index contributed by atoms with van der Waals surface area (Å²) in [4.78, 5) is 2.42. The van der Waals surface area contributed by atoms with E-state index in [4.69, 9.17) is 0 Å². The lowest BCUT2D eigenvalue weighted by molar-refractivity contribution is 0.708. The fourth-order valence-corrected chi connectivity index (χ4v) is 10.5. The summed E-state index contributed by atoms with van der Waals surface area (Å²) in [5, 5.41) is 2.54. The maximum atomic E-state index is 2.45. The highest BCUT2D eigenvalue weighted by Gasteiger charge is 2.54. The molecule has 0 saturated heterocycles. The zero-order valence-corrected chi connectivity index (χ0v) is 31.4. The zero-order valence-electron chi connectivity index (χ0n) is 31.4. The van der Waals surface area contributed by atoms with Gasteiger partial charge in [-0.05, 0) is 117 Å². The normalized spacial score (nSPS) is 17.3. The summed E-state index contributed by atoms with van der Waals surface area (Å²) in [5.74, 6) is 0.391. The molecule has 9 aromatic rings. The average molecular weight is 727 g/mol. The minimum Gasteiger partial charge on any atom is -0.310 e. The highest BCUT2D eigenvalue weighted by molar-refractivity contribution is 6.09. The highest BCUT2D eigenvalue weighted by atomic mass is 15.1. The number of allylic oxidation sites excluding steroid dienone is 4. The monoisotopic (exact) mass is 726 g/mol. The molecule has 2 heteroatoms. The van der Waals surface area contributed by atoms with E-state index in [2.05, 4.69) is 222 Å². The van der Waals surface area contributed by atoms with E-state index in [0.29, 0.717) is 5.92 Å². The molecular formula is C55H38N2. The van der Waals surface area contributed by atoms with Crippen LogP contribution in [0, 0.1) is 0 Å². The van der Waals surface area contributed by atoms with Gasteiger partial charge in [-0.1, -0.05) is 152 Å². The Morgan fingerprint density at radius 2 is 1.11 bits per heavy atom. The van der Waals surface area contributed by atoms with Crippen LogP contribution < -0.4 is 4.90 Å². The van der Waals surface area contributed by atoms with Crippen LogP contribution >= 0.6 is 0 Å². The van der Waals surface area contributed by atoms with Crippen molar-refractivity contribution in [3.63, 3.8) is 0 Å². The number of hydrogen-bond donors (Lipinski definition) is 0. The topological polar surface area (TPSA) is 8.17 Å². The molecule has 0 bridgehead atoms. The van der Waals surface area contributed by atoms with Crippen molar-refractivity contribution in [2.24, 2.45) is 0 Å². The Hall–Kier alpha value is -7.16. The second-order valence-corrected chi connectivity index (χ2v) is 15.6. The molecule has 1 aromatic heterocycles. The smallest absolute Gasteiger partial charge is 0.0685 e. The van der Waals surface area contributed by atoms with E-state index in [9.17, 15) is 0 Å². The van der Waals surface area contributed by atoms with Gasteiger partial charge >= 0.3 is 0 Å². The molecule has 0 aliphatic heterocycles. The summed E-state index contributed by atoms with van der Waals surface area (Å²) in [6, 6.07) is 71.8. The van der Waals surface area contributed by atoms with Crippen molar-refractivity contribution in [2.75, 3.05) is 4.90 Å². The summed E-state index contributed by atoms with van der Waals surface area (Å²) < 4.78 is 2.40. The van der Waals surface area contributed by atoms with E-state index in [1.165, 1.54) is 71.9 Å². The summed E-state index contributed by atoms with van der Waals surface area (Å²) in [6.45, 7) is 0. The van der Waals surface area contributed by atoms with Crippen molar-refractivity contribution < 1.29 is 0 Å². The van der Waals surface area contributed by atoms with Crippen molar-refractivity contribution >= 4 is 38.9 Å². The molecule has 0 saturated carbocycles. The standard InChI is InChI=1S/C55H38N2/c1-2-18-39(19-3-1)56(40-20-14-16-37(34-40)38-17-15-21-41(35-38)57-53-30-12-7-25-46(53)47-26-8-13-31-54(47)57)42-32-33-52-48(36-42)45-24-6-11-29-51(45)55(52)49-27-9-4-22-43(49)44-23-5-10-28-50(44)55/h1-22,24-36,44H,23H2. The third kappa shape index (κ3) is 4.59. The van der Waals surface area contributed by atoms with Crippen LogP contribution in [0.25, 0.3) is 49.7 Å². The van der Waals surface area contributed by atoms with E-state index in [1.54, 1.807) is 0 Å². The van der Waals surface area contributed by atoms with Crippen molar-refractivity contribution in [1.29, 1.82) is 0 Å². The predicted octanol–water partition coefficient (Wildman–Crippen LogP) is 14.2. The minimum atomic E-state index is -0.296. The predicted molar refractivity (Wildman–Crippen MR) is 237 cm³/mol. The number of rotatable bonds is 5. The van der Waals surface area contributed by atoms with Gasteiger partial charge < -0.3 is 9.47 Å². The van der Waals surface area contributed by atoms with E-state index in [-0.39, 0.29) is 5.41 Å². The molecule has 12 rings (SSSR count). The maximum absolute atomic E-state index is 2.45. The third-order valence-corrected chi connectivity index (χ3v) is 12.8. The van der Waals surface area contributed by atoms with E-state index in [0.717, 1.165) is 29.2 Å². The van der Waals surface area contributed by atoms with Crippen molar-refractivity contribution in [2.45, 2.75) is 17.8 Å². The van der Waals surface area contributed by atoms with Crippen LogP contribution in [0.1, 0.15) is 34.6 Å². The van der Waals surface area contributed by atoms with Gasteiger partial charge in [-0.25, -0.2) is 0 Å². The Kier molecular flexibility index (Phi) is 7.00. The summed E-state index contributed by atoms with van der Waals surface area (Å²) in [6.07, 6.45) is 8.06. The van der Waals surface area contributed by atoms with Gasteiger partial charge in [0, 0.05) is 39.4 Å². The van der Waals surface area contributed by atoms with Crippen LogP contribution in [-0.4, -0.2) is 4.57 Å². The lowest BCUT2D eigenvalue weighted by Crippen LogP contribution is -2.27. The summed E-state index contributed by atoms with van der Waals surface area (Å²) in [7, 11) is 0. The lowest BCUT2D eigenvalue weighted by Gasteiger charge is -2.33. The van der Waals surface area contributed by atoms with E-state index in [1.807, 2.05) is 0 Å². The Labute approximate surface area is 332 Å². The SMILES string of the molecule is C1=CCC2C(=C1)C1(c3ccccc3-c3cc(N(c4ccccc4)c4cccc(-c5cccc(-n6c7ccccc7c7ccccc76)c5)c4)ccc31)c1ccccc12. The molecule has 57 heavy (non-hydrogen) atoms. The van der Waals surface area contributed by atoms with Crippen LogP contribution in [0.5, 0.6) is 0 Å². The van der Waals surface area contributed by atoms with Gasteiger partial charge in [-0.2, -0.15) is 0 Å².